The molecule has 0 aliphatic rings. The predicted octanol–water partition coefficient (Wildman–Crippen LogP) is 1.16. The third-order valence-corrected chi connectivity index (χ3v) is 4.26. The van der Waals surface area contributed by atoms with Gasteiger partial charge in [-0.15, -0.1) is 0 Å². The van der Waals surface area contributed by atoms with Gasteiger partial charge in [0.2, 0.25) is 5.95 Å². The molecule has 0 atom stereocenters. The molecule has 0 spiro atoms. The van der Waals surface area contributed by atoms with Crippen molar-refractivity contribution in [3.8, 4) is 0 Å². The molecule has 0 fully saturated rings. The molecule has 19 heavy (non-hydrogen) atoms. The van der Waals surface area contributed by atoms with Crippen molar-refractivity contribution in [3.05, 3.63) is 29.0 Å². The van der Waals surface area contributed by atoms with Gasteiger partial charge in [0.25, 0.3) is 10.0 Å². The fourth-order valence-corrected chi connectivity index (χ4v) is 3.15. The maximum absolute atomic E-state index is 12.3. The second kappa shape index (κ2) is 4.71. The summed E-state index contributed by atoms with van der Waals surface area (Å²) in [6.45, 7) is 1.61. The monoisotopic (exact) mass is 301 g/mol. The molecule has 1 heterocycles. The van der Waals surface area contributed by atoms with E-state index in [0.29, 0.717) is 11.3 Å². The van der Waals surface area contributed by atoms with Crippen LogP contribution < -0.4 is 10.5 Å². The van der Waals surface area contributed by atoms with Crippen molar-refractivity contribution in [1.29, 1.82) is 0 Å². The van der Waals surface area contributed by atoms with Crippen LogP contribution in [0, 0.1) is 6.92 Å². The highest BCUT2D eigenvalue weighted by molar-refractivity contribution is 7.92. The number of nitrogens with zero attached hydrogens (tertiary/aromatic N) is 3. The second-order valence-corrected chi connectivity index (χ2v) is 6.02. The van der Waals surface area contributed by atoms with Gasteiger partial charge < -0.3 is 5.73 Å². The molecular formula is C10H12ClN5O2S. The maximum atomic E-state index is 12.3. The highest BCUT2D eigenvalue weighted by atomic mass is 35.5. The van der Waals surface area contributed by atoms with Crippen LogP contribution in [-0.2, 0) is 17.1 Å². The number of nitrogen functional groups attached to an aromatic ring is 1. The first-order valence-electron chi connectivity index (χ1n) is 5.23. The van der Waals surface area contributed by atoms with Gasteiger partial charge in [0.1, 0.15) is 6.33 Å². The second-order valence-electron chi connectivity index (χ2n) is 3.93. The van der Waals surface area contributed by atoms with Gasteiger partial charge in [-0.3, -0.25) is 0 Å². The van der Waals surface area contributed by atoms with E-state index < -0.39 is 10.0 Å². The molecule has 102 valence electrons. The Kier molecular flexibility index (Phi) is 3.38. The van der Waals surface area contributed by atoms with Crippen molar-refractivity contribution in [1.82, 2.24) is 14.8 Å². The van der Waals surface area contributed by atoms with Gasteiger partial charge in [-0.25, -0.2) is 17.8 Å². The van der Waals surface area contributed by atoms with Gasteiger partial charge in [0.05, 0.1) is 4.90 Å². The van der Waals surface area contributed by atoms with Crippen molar-refractivity contribution < 1.29 is 8.42 Å². The van der Waals surface area contributed by atoms with Crippen molar-refractivity contribution >= 4 is 33.3 Å². The first-order valence-corrected chi connectivity index (χ1v) is 7.10. The molecule has 3 N–H and O–H groups in total. The summed E-state index contributed by atoms with van der Waals surface area (Å²) in [6.07, 6.45) is 1.25. The van der Waals surface area contributed by atoms with E-state index in [9.17, 15) is 8.42 Å². The van der Waals surface area contributed by atoms with Crippen LogP contribution in [0.4, 0.5) is 11.6 Å². The Morgan fingerprint density at radius 3 is 2.68 bits per heavy atom. The Balaban J connectivity index is 2.49. The van der Waals surface area contributed by atoms with E-state index in [0.717, 1.165) is 0 Å². The number of rotatable bonds is 3. The molecule has 1 aromatic carbocycles. The van der Waals surface area contributed by atoms with Gasteiger partial charge in [0.15, 0.2) is 0 Å². The fourth-order valence-electron chi connectivity index (χ4n) is 1.52. The zero-order valence-corrected chi connectivity index (χ0v) is 11.8. The number of benzene rings is 1. The molecule has 0 unspecified atom stereocenters. The smallest absolute Gasteiger partial charge is 0.264 e. The predicted molar refractivity (Wildman–Crippen MR) is 72.4 cm³/mol. The van der Waals surface area contributed by atoms with Gasteiger partial charge in [-0.05, 0) is 24.6 Å². The van der Waals surface area contributed by atoms with E-state index >= 15 is 0 Å². The quantitative estimate of drug-likeness (QED) is 0.828. The number of hydrogen-bond donors (Lipinski definition) is 2. The number of sulfonamides is 1. The van der Waals surface area contributed by atoms with Crippen molar-refractivity contribution in [2.75, 3.05) is 10.5 Å². The van der Waals surface area contributed by atoms with Gasteiger partial charge >= 0.3 is 0 Å². The van der Waals surface area contributed by atoms with E-state index in [1.165, 1.54) is 23.1 Å². The van der Waals surface area contributed by atoms with Crippen LogP contribution in [0.1, 0.15) is 5.56 Å². The Morgan fingerprint density at radius 2 is 2.11 bits per heavy atom. The average Bonchev–Trinajstić information content (AvgIpc) is 2.69. The molecule has 2 rings (SSSR count). The van der Waals surface area contributed by atoms with Gasteiger partial charge in [-0.2, -0.15) is 10.1 Å². The van der Waals surface area contributed by atoms with E-state index in [2.05, 4.69) is 14.8 Å². The number of anilines is 2. The van der Waals surface area contributed by atoms with Gasteiger partial charge in [-0.1, -0.05) is 11.6 Å². The number of hydrogen-bond acceptors (Lipinski definition) is 5. The van der Waals surface area contributed by atoms with Crippen LogP contribution in [0.3, 0.4) is 0 Å². The lowest BCUT2D eigenvalue weighted by Crippen LogP contribution is -2.17. The van der Waals surface area contributed by atoms with E-state index in [1.54, 1.807) is 14.0 Å². The largest absolute Gasteiger partial charge is 0.398 e. The molecule has 0 aliphatic heterocycles. The molecule has 9 heteroatoms. The minimum Gasteiger partial charge on any atom is -0.398 e. The van der Waals surface area contributed by atoms with E-state index in [1.807, 2.05) is 0 Å². The van der Waals surface area contributed by atoms with Crippen molar-refractivity contribution in [2.45, 2.75) is 11.8 Å². The van der Waals surface area contributed by atoms with Crippen molar-refractivity contribution in [2.24, 2.45) is 7.05 Å². The minimum absolute atomic E-state index is 0.0144. The van der Waals surface area contributed by atoms with Crippen LogP contribution in [0.5, 0.6) is 0 Å². The Hall–Kier alpha value is -1.80. The minimum atomic E-state index is -3.82. The normalized spacial score (nSPS) is 11.5. The molecular weight excluding hydrogens is 290 g/mol. The third kappa shape index (κ3) is 2.64. The van der Waals surface area contributed by atoms with Gasteiger partial charge in [0, 0.05) is 17.8 Å². The molecule has 0 aliphatic carbocycles. The molecule has 0 saturated carbocycles. The zero-order chi connectivity index (χ0) is 14.2. The summed E-state index contributed by atoms with van der Waals surface area (Å²) in [5.41, 5.74) is 6.45. The van der Waals surface area contributed by atoms with E-state index in [4.69, 9.17) is 17.3 Å². The Morgan fingerprint density at radius 1 is 1.42 bits per heavy atom. The third-order valence-electron chi connectivity index (χ3n) is 2.59. The number of nitrogens with one attached hydrogen (secondary N) is 1. The summed E-state index contributed by atoms with van der Waals surface area (Å²) >= 11 is 5.84. The van der Waals surface area contributed by atoms with Crippen LogP contribution >= 0.6 is 11.6 Å². The average molecular weight is 302 g/mol. The lowest BCUT2D eigenvalue weighted by atomic mass is 10.2. The number of aromatic nitrogens is 3. The molecule has 7 nitrogen and oxygen atoms in total. The standard InChI is InChI=1S/C10H12ClN5O2S/c1-6-8(12)3-7(11)4-9(6)19(17,18)15-10-13-5-14-16(10)2/h3-5H,12H2,1-2H3,(H,13,14,15). The zero-order valence-electron chi connectivity index (χ0n) is 10.3. The molecule has 0 bridgehead atoms. The highest BCUT2D eigenvalue weighted by Gasteiger charge is 2.21. The van der Waals surface area contributed by atoms with Crippen LogP contribution in [0.25, 0.3) is 0 Å². The Labute approximate surface area is 115 Å². The van der Waals surface area contributed by atoms with Crippen LogP contribution in [0.2, 0.25) is 5.02 Å². The highest BCUT2D eigenvalue weighted by Crippen LogP contribution is 2.27. The topological polar surface area (TPSA) is 103 Å². The Bertz CT molecular complexity index is 726. The number of nitrogens with two attached hydrogens (primary N) is 1. The van der Waals surface area contributed by atoms with E-state index in [-0.39, 0.29) is 15.9 Å². The first kappa shape index (κ1) is 13.6. The first-order chi connectivity index (χ1) is 8.81. The molecule has 0 radical (unpaired) electrons. The number of halogens is 1. The molecule has 1 aromatic heterocycles. The number of aryl methyl sites for hydroxylation is 1. The summed E-state index contributed by atoms with van der Waals surface area (Å²) in [4.78, 5) is 3.81. The lowest BCUT2D eigenvalue weighted by molar-refractivity contribution is 0.599. The summed E-state index contributed by atoms with van der Waals surface area (Å²) in [7, 11) is -2.25. The van der Waals surface area contributed by atoms with Crippen LogP contribution in [-0.4, -0.2) is 23.2 Å². The SMILES string of the molecule is Cc1c(N)cc(Cl)cc1S(=O)(=O)Nc1ncnn1C. The molecule has 0 saturated heterocycles. The van der Waals surface area contributed by atoms with Crippen LogP contribution in [0.15, 0.2) is 23.4 Å². The van der Waals surface area contributed by atoms with Crippen molar-refractivity contribution in [3.63, 3.8) is 0 Å². The fraction of sp³-hybridized carbons (Fsp3) is 0.200. The summed E-state index contributed by atoms with van der Waals surface area (Å²) in [6, 6.07) is 2.84. The lowest BCUT2D eigenvalue weighted by Gasteiger charge is -2.11. The summed E-state index contributed by atoms with van der Waals surface area (Å²) < 4.78 is 28.2. The molecule has 0 amide bonds. The maximum Gasteiger partial charge on any atom is 0.264 e. The summed E-state index contributed by atoms with van der Waals surface area (Å²) in [5, 5.41) is 4.03. The molecule has 2 aromatic rings. The summed E-state index contributed by atoms with van der Waals surface area (Å²) in [5.74, 6) is 0.109.